The summed E-state index contributed by atoms with van der Waals surface area (Å²) in [5, 5.41) is 0. The lowest BCUT2D eigenvalue weighted by Crippen LogP contribution is -2.10. The van der Waals surface area contributed by atoms with E-state index in [1.165, 1.54) is 6.07 Å². The molecule has 0 amide bonds. The first-order valence-corrected chi connectivity index (χ1v) is 7.88. The first kappa shape index (κ1) is 16.2. The molecule has 3 heteroatoms. The second kappa shape index (κ2) is 7.28. The molecule has 24 heavy (non-hydrogen) atoms. The van der Waals surface area contributed by atoms with E-state index in [-0.39, 0.29) is 5.82 Å². The van der Waals surface area contributed by atoms with Gasteiger partial charge in [0, 0.05) is 12.1 Å². The third-order valence-electron chi connectivity index (χ3n) is 3.65. The maximum absolute atomic E-state index is 14.3. The lowest BCUT2D eigenvalue weighted by molar-refractivity contribution is 0.402. The number of ether oxygens (including phenoxy) is 1. The van der Waals surface area contributed by atoms with Gasteiger partial charge in [-0.15, -0.1) is 0 Å². The predicted octanol–water partition coefficient (Wildman–Crippen LogP) is 5.35. The zero-order valence-electron chi connectivity index (χ0n) is 13.9. The first-order chi connectivity index (χ1) is 11.6. The Morgan fingerprint density at radius 3 is 2.38 bits per heavy atom. The second-order valence-corrected chi connectivity index (χ2v) is 5.99. The lowest BCUT2D eigenvalue weighted by Gasteiger charge is -2.12. The summed E-state index contributed by atoms with van der Waals surface area (Å²) in [6.45, 7) is 0.815. The van der Waals surface area contributed by atoms with Crippen LogP contribution >= 0.6 is 0 Å². The Morgan fingerprint density at radius 1 is 0.833 bits per heavy atom. The van der Waals surface area contributed by atoms with Gasteiger partial charge in [0.2, 0.25) is 0 Å². The fourth-order valence-corrected chi connectivity index (χ4v) is 2.62. The Labute approximate surface area is 142 Å². The van der Waals surface area contributed by atoms with E-state index in [0.717, 1.165) is 23.4 Å². The normalized spacial score (nSPS) is 10.8. The van der Waals surface area contributed by atoms with Gasteiger partial charge in [0.25, 0.3) is 0 Å². The van der Waals surface area contributed by atoms with Gasteiger partial charge in [0.05, 0.1) is 0 Å². The van der Waals surface area contributed by atoms with Crippen LogP contribution in [-0.4, -0.2) is 19.0 Å². The summed E-state index contributed by atoms with van der Waals surface area (Å²) >= 11 is 0. The largest absolute Gasteiger partial charge is 0.457 e. The van der Waals surface area contributed by atoms with Gasteiger partial charge in [-0.3, -0.25) is 0 Å². The minimum Gasteiger partial charge on any atom is -0.457 e. The van der Waals surface area contributed by atoms with Gasteiger partial charge in [-0.05, 0) is 61.6 Å². The van der Waals surface area contributed by atoms with Gasteiger partial charge < -0.3 is 9.64 Å². The highest BCUT2D eigenvalue weighted by molar-refractivity contribution is 5.66. The third kappa shape index (κ3) is 4.00. The fraction of sp³-hybridized carbons (Fsp3) is 0.143. The molecule has 0 bridgehead atoms. The summed E-state index contributed by atoms with van der Waals surface area (Å²) in [6.07, 6.45) is 0. The topological polar surface area (TPSA) is 12.5 Å². The smallest absolute Gasteiger partial charge is 0.131 e. The standard InChI is InChI=1S/C21H20FNO/c1-23(2)15-16-7-6-8-17(13-16)20-14-19(11-12-21(20)22)24-18-9-4-3-5-10-18/h3-14H,15H2,1-2H3. The van der Waals surface area contributed by atoms with Crippen LogP contribution in [0.3, 0.4) is 0 Å². The summed E-state index contributed by atoms with van der Waals surface area (Å²) in [5.74, 6) is 1.10. The number of nitrogens with zero attached hydrogens (tertiary/aromatic N) is 1. The number of hydrogen-bond donors (Lipinski definition) is 0. The maximum Gasteiger partial charge on any atom is 0.131 e. The highest BCUT2D eigenvalue weighted by Gasteiger charge is 2.09. The van der Waals surface area contributed by atoms with Crippen LogP contribution in [0.2, 0.25) is 0 Å². The van der Waals surface area contributed by atoms with Crippen LogP contribution in [-0.2, 0) is 6.54 Å². The van der Waals surface area contributed by atoms with Crippen molar-refractivity contribution in [3.63, 3.8) is 0 Å². The molecular formula is C21H20FNO. The molecule has 0 spiro atoms. The van der Waals surface area contributed by atoms with Crippen molar-refractivity contribution in [3.8, 4) is 22.6 Å². The number of rotatable bonds is 5. The van der Waals surface area contributed by atoms with Crippen molar-refractivity contribution in [1.29, 1.82) is 0 Å². The number of hydrogen-bond acceptors (Lipinski definition) is 2. The van der Waals surface area contributed by atoms with E-state index in [4.69, 9.17) is 4.74 Å². The quantitative estimate of drug-likeness (QED) is 0.628. The Morgan fingerprint density at radius 2 is 1.62 bits per heavy atom. The molecule has 0 saturated carbocycles. The van der Waals surface area contributed by atoms with Crippen LogP contribution in [0.1, 0.15) is 5.56 Å². The lowest BCUT2D eigenvalue weighted by atomic mass is 10.0. The van der Waals surface area contributed by atoms with E-state index in [0.29, 0.717) is 11.3 Å². The zero-order valence-corrected chi connectivity index (χ0v) is 13.9. The summed E-state index contributed by atoms with van der Waals surface area (Å²) < 4.78 is 20.1. The highest BCUT2D eigenvalue weighted by Crippen LogP contribution is 2.30. The number of halogens is 1. The van der Waals surface area contributed by atoms with Gasteiger partial charge in [-0.25, -0.2) is 4.39 Å². The minimum absolute atomic E-state index is 0.252. The van der Waals surface area contributed by atoms with Crippen molar-refractivity contribution in [2.45, 2.75) is 6.54 Å². The number of benzene rings is 3. The zero-order chi connectivity index (χ0) is 16.9. The average Bonchev–Trinajstić information content (AvgIpc) is 2.57. The molecular weight excluding hydrogens is 301 g/mol. The maximum atomic E-state index is 14.3. The van der Waals surface area contributed by atoms with E-state index in [1.807, 2.05) is 68.7 Å². The van der Waals surface area contributed by atoms with E-state index >= 15 is 0 Å². The fourth-order valence-electron chi connectivity index (χ4n) is 2.62. The molecule has 0 aliphatic carbocycles. The molecule has 0 aliphatic heterocycles. The molecule has 3 rings (SSSR count). The minimum atomic E-state index is -0.252. The summed E-state index contributed by atoms with van der Waals surface area (Å²) in [5.41, 5.74) is 2.54. The number of para-hydroxylation sites is 1. The molecule has 0 aromatic heterocycles. The SMILES string of the molecule is CN(C)Cc1cccc(-c2cc(Oc3ccccc3)ccc2F)c1. The second-order valence-electron chi connectivity index (χ2n) is 5.99. The molecule has 0 N–H and O–H groups in total. The monoisotopic (exact) mass is 321 g/mol. The van der Waals surface area contributed by atoms with Crippen LogP contribution in [0.15, 0.2) is 72.8 Å². The van der Waals surface area contributed by atoms with Gasteiger partial charge in [-0.2, -0.15) is 0 Å². The van der Waals surface area contributed by atoms with E-state index < -0.39 is 0 Å². The van der Waals surface area contributed by atoms with Crippen LogP contribution < -0.4 is 4.74 Å². The van der Waals surface area contributed by atoms with E-state index in [2.05, 4.69) is 4.90 Å². The first-order valence-electron chi connectivity index (χ1n) is 7.88. The molecule has 3 aromatic rings. The van der Waals surface area contributed by atoms with Gasteiger partial charge in [-0.1, -0.05) is 36.4 Å². The molecule has 0 atom stereocenters. The molecule has 3 aromatic carbocycles. The predicted molar refractivity (Wildman–Crippen MR) is 95.7 cm³/mol. The van der Waals surface area contributed by atoms with Crippen LogP contribution in [0.25, 0.3) is 11.1 Å². The molecule has 0 unspecified atom stereocenters. The van der Waals surface area contributed by atoms with Crippen molar-refractivity contribution in [2.24, 2.45) is 0 Å². The van der Waals surface area contributed by atoms with Gasteiger partial charge >= 0.3 is 0 Å². The van der Waals surface area contributed by atoms with Crippen molar-refractivity contribution in [1.82, 2.24) is 4.90 Å². The molecule has 0 saturated heterocycles. The van der Waals surface area contributed by atoms with Crippen LogP contribution in [0, 0.1) is 5.82 Å². The molecule has 0 aliphatic rings. The Kier molecular flexibility index (Phi) is 4.92. The molecule has 0 heterocycles. The molecule has 0 fully saturated rings. The van der Waals surface area contributed by atoms with Crippen molar-refractivity contribution in [2.75, 3.05) is 14.1 Å². The summed E-state index contributed by atoms with van der Waals surface area (Å²) in [6, 6.07) is 22.3. The van der Waals surface area contributed by atoms with Crippen molar-refractivity contribution >= 4 is 0 Å². The average molecular weight is 321 g/mol. The molecule has 2 nitrogen and oxygen atoms in total. The Hall–Kier alpha value is -2.65. The van der Waals surface area contributed by atoms with Crippen LogP contribution in [0.5, 0.6) is 11.5 Å². The third-order valence-corrected chi connectivity index (χ3v) is 3.65. The Bertz CT molecular complexity index is 815. The highest BCUT2D eigenvalue weighted by atomic mass is 19.1. The van der Waals surface area contributed by atoms with Crippen LogP contribution in [0.4, 0.5) is 4.39 Å². The van der Waals surface area contributed by atoms with Crippen molar-refractivity contribution in [3.05, 3.63) is 84.2 Å². The van der Waals surface area contributed by atoms with Crippen molar-refractivity contribution < 1.29 is 9.13 Å². The molecule has 0 radical (unpaired) electrons. The summed E-state index contributed by atoms with van der Waals surface area (Å²) in [7, 11) is 4.03. The Balaban J connectivity index is 1.92. The summed E-state index contributed by atoms with van der Waals surface area (Å²) in [4.78, 5) is 2.09. The van der Waals surface area contributed by atoms with Gasteiger partial charge in [0.15, 0.2) is 0 Å². The molecule has 122 valence electrons. The van der Waals surface area contributed by atoms with E-state index in [1.54, 1.807) is 12.1 Å². The van der Waals surface area contributed by atoms with Gasteiger partial charge in [0.1, 0.15) is 17.3 Å². The van der Waals surface area contributed by atoms with E-state index in [9.17, 15) is 4.39 Å².